The van der Waals surface area contributed by atoms with Gasteiger partial charge in [0.05, 0.1) is 24.6 Å². The molecule has 5 rings (SSSR count). The van der Waals surface area contributed by atoms with E-state index in [2.05, 4.69) is 63.2 Å². The molecule has 0 bridgehead atoms. The third-order valence-corrected chi connectivity index (χ3v) is 5.92. The van der Waals surface area contributed by atoms with Gasteiger partial charge in [0.15, 0.2) is 5.65 Å². The molecule has 32 heavy (non-hydrogen) atoms. The van der Waals surface area contributed by atoms with Crippen LogP contribution < -0.4 is 10.2 Å². The Labute approximate surface area is 187 Å². The zero-order valence-electron chi connectivity index (χ0n) is 18.8. The second-order valence-corrected chi connectivity index (χ2v) is 8.59. The van der Waals surface area contributed by atoms with Gasteiger partial charge in [-0.1, -0.05) is 44.2 Å². The Kier molecular flexibility index (Phi) is 5.48. The maximum Gasteiger partial charge on any atom is 0.230 e. The maximum absolute atomic E-state index is 4.90. The number of hydrogen-bond donors (Lipinski definition) is 2. The number of benzene rings is 1. The van der Waals surface area contributed by atoms with E-state index in [1.807, 2.05) is 30.6 Å². The Balaban J connectivity index is 1.43. The molecule has 0 unspecified atom stereocenters. The van der Waals surface area contributed by atoms with E-state index in [-0.39, 0.29) is 0 Å². The van der Waals surface area contributed by atoms with E-state index >= 15 is 0 Å². The van der Waals surface area contributed by atoms with Gasteiger partial charge in [0.2, 0.25) is 11.9 Å². The SMILES string of the molecule is CC(C)c1cnn2c(NCc3ncc(-c4ccccc4)[nH]3)nc(N3CCN(C)CC3)nc12. The molecule has 0 radical (unpaired) electrons. The van der Waals surface area contributed by atoms with Crippen molar-refractivity contribution in [2.24, 2.45) is 0 Å². The molecule has 4 aromatic rings. The van der Waals surface area contributed by atoms with Crippen molar-refractivity contribution in [3.05, 3.63) is 54.1 Å². The molecule has 0 atom stereocenters. The summed E-state index contributed by atoms with van der Waals surface area (Å²) < 4.78 is 1.80. The number of nitrogens with zero attached hydrogens (tertiary/aromatic N) is 7. The number of nitrogens with one attached hydrogen (secondary N) is 2. The van der Waals surface area contributed by atoms with Crippen LogP contribution in [0.5, 0.6) is 0 Å². The van der Waals surface area contributed by atoms with Crippen LogP contribution in [0.4, 0.5) is 11.9 Å². The van der Waals surface area contributed by atoms with Gasteiger partial charge in [0.1, 0.15) is 5.82 Å². The van der Waals surface area contributed by atoms with Gasteiger partial charge in [-0.25, -0.2) is 4.98 Å². The highest BCUT2D eigenvalue weighted by Crippen LogP contribution is 2.24. The highest BCUT2D eigenvalue weighted by Gasteiger charge is 2.21. The molecule has 1 fully saturated rings. The molecule has 1 saturated heterocycles. The molecule has 0 aliphatic carbocycles. The minimum atomic E-state index is 0.328. The van der Waals surface area contributed by atoms with Gasteiger partial charge in [-0.3, -0.25) is 0 Å². The summed E-state index contributed by atoms with van der Waals surface area (Å²) in [6, 6.07) is 10.2. The molecule has 1 aromatic carbocycles. The van der Waals surface area contributed by atoms with Crippen LogP contribution in [0.25, 0.3) is 16.9 Å². The van der Waals surface area contributed by atoms with Crippen molar-refractivity contribution in [2.75, 3.05) is 43.4 Å². The lowest BCUT2D eigenvalue weighted by Gasteiger charge is -2.32. The first-order chi connectivity index (χ1) is 15.6. The van der Waals surface area contributed by atoms with Gasteiger partial charge in [0.25, 0.3) is 0 Å². The van der Waals surface area contributed by atoms with Gasteiger partial charge < -0.3 is 20.1 Å². The average Bonchev–Trinajstić information content (AvgIpc) is 3.46. The second-order valence-electron chi connectivity index (χ2n) is 8.59. The molecule has 3 aromatic heterocycles. The number of piperazine rings is 1. The van der Waals surface area contributed by atoms with Crippen LogP contribution in [0.1, 0.15) is 31.2 Å². The van der Waals surface area contributed by atoms with E-state index < -0.39 is 0 Å². The van der Waals surface area contributed by atoms with E-state index in [1.54, 1.807) is 4.52 Å². The molecule has 1 aliphatic rings. The van der Waals surface area contributed by atoms with Gasteiger partial charge in [-0.2, -0.15) is 19.6 Å². The second kappa shape index (κ2) is 8.58. The van der Waals surface area contributed by atoms with E-state index in [9.17, 15) is 0 Å². The van der Waals surface area contributed by atoms with E-state index in [4.69, 9.17) is 9.97 Å². The minimum Gasteiger partial charge on any atom is -0.347 e. The fourth-order valence-corrected chi connectivity index (χ4v) is 3.93. The number of H-pyrrole nitrogens is 1. The Morgan fingerprint density at radius 2 is 1.81 bits per heavy atom. The van der Waals surface area contributed by atoms with Crippen molar-refractivity contribution in [3.8, 4) is 11.3 Å². The number of rotatable bonds is 6. The Morgan fingerprint density at radius 1 is 1.03 bits per heavy atom. The summed E-state index contributed by atoms with van der Waals surface area (Å²) in [6.45, 7) is 8.67. The first-order valence-electron chi connectivity index (χ1n) is 11.1. The predicted molar refractivity (Wildman–Crippen MR) is 126 cm³/mol. The summed E-state index contributed by atoms with van der Waals surface area (Å²) in [4.78, 5) is 22.3. The van der Waals surface area contributed by atoms with Crippen molar-refractivity contribution >= 4 is 17.5 Å². The van der Waals surface area contributed by atoms with Gasteiger partial charge in [-0.15, -0.1) is 0 Å². The Bertz CT molecular complexity index is 1190. The largest absolute Gasteiger partial charge is 0.347 e. The topological polar surface area (TPSA) is 90.3 Å². The van der Waals surface area contributed by atoms with Crippen LogP contribution in [0.15, 0.2) is 42.7 Å². The number of fused-ring (bicyclic) bond motifs is 1. The van der Waals surface area contributed by atoms with Crippen LogP contribution in [-0.2, 0) is 6.54 Å². The number of aromatic nitrogens is 6. The number of hydrogen-bond acceptors (Lipinski definition) is 7. The third kappa shape index (κ3) is 4.03. The Hall–Kier alpha value is -3.46. The van der Waals surface area contributed by atoms with E-state index in [1.165, 1.54) is 0 Å². The summed E-state index contributed by atoms with van der Waals surface area (Å²) in [7, 11) is 2.15. The molecule has 2 N–H and O–H groups in total. The molecule has 0 saturated carbocycles. The van der Waals surface area contributed by atoms with Crippen LogP contribution in [-0.4, -0.2) is 67.7 Å². The summed E-state index contributed by atoms with van der Waals surface area (Å²) in [6.07, 6.45) is 3.76. The Morgan fingerprint density at radius 3 is 2.56 bits per heavy atom. The van der Waals surface area contributed by atoms with E-state index in [0.29, 0.717) is 18.4 Å². The van der Waals surface area contributed by atoms with Crippen LogP contribution >= 0.6 is 0 Å². The summed E-state index contributed by atoms with van der Waals surface area (Å²) >= 11 is 0. The molecule has 0 amide bonds. The normalized spacial score (nSPS) is 15.1. The third-order valence-electron chi connectivity index (χ3n) is 5.92. The smallest absolute Gasteiger partial charge is 0.230 e. The molecular weight excluding hydrogens is 402 g/mol. The molecule has 166 valence electrons. The van der Waals surface area contributed by atoms with Gasteiger partial charge in [-0.05, 0) is 18.5 Å². The molecule has 9 heteroatoms. The highest BCUT2D eigenvalue weighted by atomic mass is 15.4. The lowest BCUT2D eigenvalue weighted by atomic mass is 10.1. The molecular formula is C23H29N9. The number of likely N-dealkylation sites (N-methyl/N-ethyl adjacent to an activating group) is 1. The summed E-state index contributed by atoms with van der Waals surface area (Å²) in [5, 5.41) is 8.00. The number of aromatic amines is 1. The van der Waals surface area contributed by atoms with Crippen LogP contribution in [0, 0.1) is 0 Å². The van der Waals surface area contributed by atoms with Crippen LogP contribution in [0.3, 0.4) is 0 Å². The zero-order chi connectivity index (χ0) is 22.1. The number of anilines is 2. The van der Waals surface area contributed by atoms with Crippen molar-refractivity contribution in [1.82, 2.24) is 34.4 Å². The lowest BCUT2D eigenvalue weighted by Crippen LogP contribution is -2.45. The van der Waals surface area contributed by atoms with Gasteiger partial charge in [0, 0.05) is 31.7 Å². The maximum atomic E-state index is 4.90. The molecule has 0 spiro atoms. The minimum absolute atomic E-state index is 0.328. The number of imidazole rings is 1. The molecule has 4 heterocycles. The van der Waals surface area contributed by atoms with E-state index in [0.717, 1.165) is 60.4 Å². The molecule has 9 nitrogen and oxygen atoms in total. The fraction of sp³-hybridized carbons (Fsp3) is 0.391. The molecule has 1 aliphatic heterocycles. The fourth-order valence-electron chi connectivity index (χ4n) is 3.93. The van der Waals surface area contributed by atoms with Crippen molar-refractivity contribution in [1.29, 1.82) is 0 Å². The zero-order valence-corrected chi connectivity index (χ0v) is 18.8. The first kappa shape index (κ1) is 20.4. The van der Waals surface area contributed by atoms with Crippen molar-refractivity contribution < 1.29 is 0 Å². The first-order valence-corrected chi connectivity index (χ1v) is 11.1. The van der Waals surface area contributed by atoms with Gasteiger partial charge >= 0.3 is 0 Å². The lowest BCUT2D eigenvalue weighted by molar-refractivity contribution is 0.311. The quantitative estimate of drug-likeness (QED) is 0.485. The van der Waals surface area contributed by atoms with Crippen LogP contribution in [0.2, 0.25) is 0 Å². The summed E-state index contributed by atoms with van der Waals surface area (Å²) in [5.74, 6) is 2.59. The average molecular weight is 432 g/mol. The van der Waals surface area contributed by atoms with Crippen molar-refractivity contribution in [3.63, 3.8) is 0 Å². The monoisotopic (exact) mass is 431 g/mol. The standard InChI is InChI=1S/C23H29N9/c1-16(2)18-13-26-32-21(18)28-23(31-11-9-30(3)10-12-31)29-22(32)25-15-20-24-14-19(27-20)17-7-5-4-6-8-17/h4-8,13-14,16H,9-12,15H2,1-3H3,(H,24,27)(H,25,28,29). The predicted octanol–water partition coefficient (Wildman–Crippen LogP) is 3.00. The van der Waals surface area contributed by atoms with Crippen molar-refractivity contribution in [2.45, 2.75) is 26.3 Å². The summed E-state index contributed by atoms with van der Waals surface area (Å²) in [5.41, 5.74) is 4.09. The highest BCUT2D eigenvalue weighted by molar-refractivity contribution is 5.58.